The van der Waals surface area contributed by atoms with Gasteiger partial charge in [-0.15, -0.1) is 0 Å². The molecule has 0 aliphatic heterocycles. The summed E-state index contributed by atoms with van der Waals surface area (Å²) in [6, 6.07) is 8.61. The molecule has 9 heteroatoms. The molecule has 0 spiro atoms. The lowest BCUT2D eigenvalue weighted by Gasteiger charge is -2.15. The van der Waals surface area contributed by atoms with Crippen LogP contribution in [-0.2, 0) is 16.1 Å². The molecule has 1 aliphatic rings. The van der Waals surface area contributed by atoms with Crippen molar-refractivity contribution in [1.29, 1.82) is 0 Å². The maximum Gasteiger partial charge on any atom is 0.230 e. The van der Waals surface area contributed by atoms with Crippen molar-refractivity contribution in [2.24, 2.45) is 11.1 Å². The molecule has 0 aromatic heterocycles. The highest BCUT2D eigenvalue weighted by Gasteiger charge is 2.31. The Labute approximate surface area is 164 Å². The molecule has 1 fully saturated rings. The van der Waals surface area contributed by atoms with Crippen LogP contribution in [0, 0.1) is 29.2 Å². The van der Waals surface area contributed by atoms with Gasteiger partial charge in [0.25, 0.3) is 0 Å². The average Bonchev–Trinajstić information content (AvgIpc) is 3.53. The average molecular weight is 410 g/mol. The van der Waals surface area contributed by atoms with Crippen molar-refractivity contribution in [3.05, 3.63) is 64.7 Å². The van der Waals surface area contributed by atoms with E-state index in [4.69, 9.17) is 9.57 Å². The van der Waals surface area contributed by atoms with Gasteiger partial charge in [-0.05, 0) is 24.3 Å². The molecular weight excluding hydrogens is 392 g/mol. The number of carbonyl (C=O) groups is 1. The highest BCUT2D eigenvalue weighted by atomic mass is 19.2. The number of hydrogen-bond acceptors (Lipinski definition) is 4. The molecule has 1 saturated carbocycles. The van der Waals surface area contributed by atoms with E-state index in [0.717, 1.165) is 20.0 Å². The highest BCUT2D eigenvalue weighted by molar-refractivity contribution is 6.09. The molecule has 0 atom stereocenters. The van der Waals surface area contributed by atoms with Crippen molar-refractivity contribution in [3.63, 3.8) is 0 Å². The van der Waals surface area contributed by atoms with Crippen molar-refractivity contribution in [2.45, 2.75) is 19.3 Å². The second kappa shape index (κ2) is 8.93. The first-order valence-electron chi connectivity index (χ1n) is 8.86. The number of hydrogen-bond donors (Lipinski definition) is 1. The molecule has 154 valence electrons. The summed E-state index contributed by atoms with van der Waals surface area (Å²) in [5.74, 6) is -9.50. The van der Waals surface area contributed by atoms with Crippen molar-refractivity contribution >= 4 is 11.7 Å². The molecule has 0 radical (unpaired) electrons. The topological polar surface area (TPSA) is 59.9 Å². The number of carbonyl (C=O) groups excluding carboxylic acids is 1. The fraction of sp³-hybridized carbons (Fsp3) is 0.300. The molecule has 1 N–H and O–H groups in total. The van der Waals surface area contributed by atoms with E-state index in [-0.39, 0.29) is 18.9 Å². The standard InChI is InChI=1S/C20H18F4N2O3/c1-28-19-14(15(21)16(22)17(23)18(19)24)20(26-29-10-12-7-8-12)25-13(27)9-11-5-3-2-4-6-11/h2-6,12H,7-10H2,1H3,(H,25,26,27). The fourth-order valence-electron chi connectivity index (χ4n) is 2.59. The van der Waals surface area contributed by atoms with Gasteiger partial charge < -0.3 is 14.9 Å². The van der Waals surface area contributed by atoms with Crippen molar-refractivity contribution in [1.82, 2.24) is 5.32 Å². The summed E-state index contributed by atoms with van der Waals surface area (Å²) in [5.41, 5.74) is -0.228. The third-order valence-corrected chi connectivity index (χ3v) is 4.29. The summed E-state index contributed by atoms with van der Waals surface area (Å²) in [6.45, 7) is 0.189. The van der Waals surface area contributed by atoms with E-state index >= 15 is 0 Å². The normalized spacial score (nSPS) is 13.9. The van der Waals surface area contributed by atoms with E-state index in [1.165, 1.54) is 0 Å². The summed E-state index contributed by atoms with van der Waals surface area (Å²) in [7, 11) is 0.952. The minimum atomic E-state index is -2.05. The van der Waals surface area contributed by atoms with Gasteiger partial charge in [0.05, 0.1) is 13.5 Å². The number of amides is 1. The Bertz CT molecular complexity index is 931. The van der Waals surface area contributed by atoms with Crippen LogP contribution in [0.3, 0.4) is 0 Å². The van der Waals surface area contributed by atoms with Gasteiger partial charge in [0, 0.05) is 0 Å². The van der Waals surface area contributed by atoms with Crippen LogP contribution in [0.15, 0.2) is 35.5 Å². The number of nitrogens with zero attached hydrogens (tertiary/aromatic N) is 1. The molecule has 5 nitrogen and oxygen atoms in total. The minimum absolute atomic E-state index is 0.113. The van der Waals surface area contributed by atoms with Gasteiger partial charge in [-0.25, -0.2) is 13.2 Å². The first-order chi connectivity index (χ1) is 13.9. The zero-order valence-corrected chi connectivity index (χ0v) is 15.5. The summed E-state index contributed by atoms with van der Waals surface area (Å²) in [6.07, 6.45) is 1.75. The van der Waals surface area contributed by atoms with E-state index < -0.39 is 46.3 Å². The lowest BCUT2D eigenvalue weighted by molar-refractivity contribution is -0.119. The Hall–Kier alpha value is -3.10. The molecule has 1 aliphatic carbocycles. The number of benzene rings is 2. The predicted octanol–water partition coefficient (Wildman–Crippen LogP) is 3.70. The largest absolute Gasteiger partial charge is 0.493 e. The highest BCUT2D eigenvalue weighted by Crippen LogP contribution is 2.31. The zero-order valence-electron chi connectivity index (χ0n) is 15.5. The zero-order chi connectivity index (χ0) is 21.0. The first-order valence-corrected chi connectivity index (χ1v) is 8.86. The van der Waals surface area contributed by atoms with Gasteiger partial charge in [-0.2, -0.15) is 4.39 Å². The van der Waals surface area contributed by atoms with Crippen LogP contribution >= 0.6 is 0 Å². The minimum Gasteiger partial charge on any atom is -0.493 e. The van der Waals surface area contributed by atoms with Gasteiger partial charge in [0.15, 0.2) is 23.2 Å². The monoisotopic (exact) mass is 410 g/mol. The molecular formula is C20H18F4N2O3. The van der Waals surface area contributed by atoms with E-state index in [0.29, 0.717) is 5.56 Å². The van der Waals surface area contributed by atoms with E-state index in [1.807, 2.05) is 0 Å². The van der Waals surface area contributed by atoms with Gasteiger partial charge >= 0.3 is 0 Å². The van der Waals surface area contributed by atoms with Crippen molar-refractivity contribution < 1.29 is 31.9 Å². The van der Waals surface area contributed by atoms with Crippen LogP contribution in [0.1, 0.15) is 24.0 Å². The quantitative estimate of drug-likeness (QED) is 0.189. The number of rotatable bonds is 7. The van der Waals surface area contributed by atoms with Crippen molar-refractivity contribution in [2.75, 3.05) is 13.7 Å². The van der Waals surface area contributed by atoms with E-state index in [9.17, 15) is 22.4 Å². The molecule has 2 aromatic rings. The maximum atomic E-state index is 14.5. The van der Waals surface area contributed by atoms with Gasteiger partial charge in [-0.3, -0.25) is 4.79 Å². The van der Waals surface area contributed by atoms with E-state index in [1.54, 1.807) is 30.3 Å². The van der Waals surface area contributed by atoms with Gasteiger partial charge in [0.1, 0.15) is 12.2 Å². The van der Waals surface area contributed by atoms with Crippen molar-refractivity contribution in [3.8, 4) is 5.75 Å². The SMILES string of the molecule is COc1c(F)c(F)c(F)c(F)c1C(=NOCC1CC1)NC(=O)Cc1ccccc1. The maximum absolute atomic E-state index is 14.5. The molecule has 0 unspecified atom stereocenters. The summed E-state index contributed by atoms with van der Waals surface area (Å²) < 4.78 is 60.7. The Balaban J connectivity index is 1.94. The smallest absolute Gasteiger partial charge is 0.230 e. The molecule has 0 saturated heterocycles. The number of nitrogens with one attached hydrogen (secondary N) is 1. The second-order valence-electron chi connectivity index (χ2n) is 6.55. The van der Waals surface area contributed by atoms with Gasteiger partial charge in [-0.1, -0.05) is 35.5 Å². The Morgan fingerprint density at radius 2 is 1.72 bits per heavy atom. The summed E-state index contributed by atoms with van der Waals surface area (Å²) in [4.78, 5) is 17.5. The predicted molar refractivity (Wildman–Crippen MR) is 96.3 cm³/mol. The van der Waals surface area contributed by atoms with Crippen LogP contribution < -0.4 is 10.1 Å². The third kappa shape index (κ3) is 4.85. The van der Waals surface area contributed by atoms with Crippen LogP contribution in [0.4, 0.5) is 17.6 Å². The second-order valence-corrected chi connectivity index (χ2v) is 6.55. The first kappa shape index (κ1) is 20.6. The number of methoxy groups -OCH3 is 1. The molecule has 3 rings (SSSR count). The van der Waals surface area contributed by atoms with Crippen LogP contribution in [0.2, 0.25) is 0 Å². The molecule has 0 heterocycles. The Morgan fingerprint density at radius 3 is 2.34 bits per heavy atom. The number of halogens is 4. The number of amidine groups is 1. The molecule has 29 heavy (non-hydrogen) atoms. The van der Waals surface area contributed by atoms with E-state index in [2.05, 4.69) is 10.5 Å². The Morgan fingerprint density at radius 1 is 1.07 bits per heavy atom. The molecule has 1 amide bonds. The number of oxime groups is 1. The van der Waals surface area contributed by atoms with Crippen LogP contribution in [0.5, 0.6) is 5.75 Å². The summed E-state index contributed by atoms with van der Waals surface area (Å²) in [5, 5.41) is 5.92. The Kier molecular flexibility index (Phi) is 6.36. The lowest BCUT2D eigenvalue weighted by atomic mass is 10.1. The lowest BCUT2D eigenvalue weighted by Crippen LogP contribution is -2.34. The number of ether oxygens (including phenoxy) is 1. The summed E-state index contributed by atoms with van der Waals surface area (Å²) >= 11 is 0. The fourth-order valence-corrected chi connectivity index (χ4v) is 2.59. The van der Waals surface area contributed by atoms with Gasteiger partial charge in [0.2, 0.25) is 17.5 Å². The molecule has 0 bridgehead atoms. The van der Waals surface area contributed by atoms with Crippen LogP contribution in [0.25, 0.3) is 0 Å². The molecule has 2 aromatic carbocycles. The van der Waals surface area contributed by atoms with Crippen LogP contribution in [-0.4, -0.2) is 25.5 Å². The third-order valence-electron chi connectivity index (χ3n) is 4.29.